The van der Waals surface area contributed by atoms with Crippen LogP contribution in [-0.2, 0) is 0 Å². The fourth-order valence-corrected chi connectivity index (χ4v) is 5.79. The molecule has 0 radical (unpaired) electrons. The van der Waals surface area contributed by atoms with Crippen LogP contribution in [0, 0.1) is 13.8 Å². The second-order valence-electron chi connectivity index (χ2n) is 11.7. The molecule has 210 valence electrons. The number of unbranched alkanes of at least 4 members (excludes halogenated alkanes) is 10. The van der Waals surface area contributed by atoms with E-state index in [1.807, 2.05) is 0 Å². The normalized spacial score (nSPS) is 13.6. The van der Waals surface area contributed by atoms with Crippen LogP contribution < -0.4 is 9.47 Å². The average Bonchev–Trinajstić information content (AvgIpc) is 3.06. The molecule has 0 amide bonds. The van der Waals surface area contributed by atoms with Gasteiger partial charge in [-0.05, 0) is 61.6 Å². The Morgan fingerprint density at radius 2 is 0.949 bits per heavy atom. The van der Waals surface area contributed by atoms with Crippen LogP contribution >= 0.6 is 0 Å². The highest BCUT2D eigenvalue weighted by atomic mass is 16.7. The van der Waals surface area contributed by atoms with Crippen molar-refractivity contribution in [2.24, 2.45) is 0 Å². The van der Waals surface area contributed by atoms with Crippen LogP contribution in [0.25, 0.3) is 22.3 Å². The molecule has 0 unspecified atom stereocenters. The van der Waals surface area contributed by atoms with Crippen molar-refractivity contribution in [3.63, 3.8) is 0 Å². The van der Waals surface area contributed by atoms with Gasteiger partial charge in [0.2, 0.25) is 0 Å². The summed E-state index contributed by atoms with van der Waals surface area (Å²) in [5.74, 6) is 1.29. The van der Waals surface area contributed by atoms with Gasteiger partial charge in [0, 0.05) is 24.0 Å². The van der Waals surface area contributed by atoms with Gasteiger partial charge in [-0.3, -0.25) is 0 Å². The van der Waals surface area contributed by atoms with Crippen LogP contribution in [0.1, 0.15) is 115 Å². The molecule has 0 atom stereocenters. The lowest BCUT2D eigenvalue weighted by Gasteiger charge is -2.34. The average molecular weight is 527 g/mol. The number of hydrogen-bond donors (Lipinski definition) is 0. The van der Waals surface area contributed by atoms with Crippen molar-refractivity contribution >= 4 is 0 Å². The summed E-state index contributed by atoms with van der Waals surface area (Å²) in [5.41, 5.74) is 7.18. The predicted octanol–water partition coefficient (Wildman–Crippen LogP) is 11.6. The first kappa shape index (κ1) is 29.2. The maximum Gasteiger partial charge on any atom is 0.251 e. The van der Waals surface area contributed by atoms with Crippen molar-refractivity contribution in [1.29, 1.82) is 0 Å². The highest BCUT2D eigenvalue weighted by molar-refractivity contribution is 5.80. The smallest absolute Gasteiger partial charge is 0.251 e. The third-order valence-electron chi connectivity index (χ3n) is 8.21. The van der Waals surface area contributed by atoms with Crippen LogP contribution in [0.3, 0.4) is 0 Å². The number of ether oxygens (including phenoxy) is 2. The first-order valence-electron chi connectivity index (χ1n) is 15.7. The summed E-state index contributed by atoms with van der Waals surface area (Å²) in [7, 11) is 0. The maximum absolute atomic E-state index is 7.09. The first-order valence-corrected chi connectivity index (χ1v) is 15.7. The number of aryl methyl sites for hydroxylation is 2. The molecule has 3 aromatic rings. The van der Waals surface area contributed by atoms with Gasteiger partial charge in [0.1, 0.15) is 11.5 Å². The Morgan fingerprint density at radius 3 is 1.54 bits per heavy atom. The van der Waals surface area contributed by atoms with E-state index in [1.165, 1.54) is 86.5 Å². The summed E-state index contributed by atoms with van der Waals surface area (Å²) in [6, 6.07) is 22.1. The minimum atomic E-state index is -0.630. The monoisotopic (exact) mass is 526 g/mol. The van der Waals surface area contributed by atoms with E-state index in [1.54, 1.807) is 0 Å². The predicted molar refractivity (Wildman–Crippen MR) is 167 cm³/mol. The highest BCUT2D eigenvalue weighted by Crippen LogP contribution is 2.46. The molecule has 2 nitrogen and oxygen atoms in total. The third-order valence-corrected chi connectivity index (χ3v) is 8.21. The molecule has 0 aliphatic carbocycles. The van der Waals surface area contributed by atoms with E-state index in [9.17, 15) is 0 Å². The molecule has 4 rings (SSSR count). The number of fused-ring (bicyclic) bond motifs is 3. The van der Waals surface area contributed by atoms with Crippen molar-refractivity contribution in [1.82, 2.24) is 0 Å². The summed E-state index contributed by atoms with van der Waals surface area (Å²) in [6.07, 6.45) is 17.1. The molecule has 3 aromatic carbocycles. The fourth-order valence-electron chi connectivity index (χ4n) is 5.79. The van der Waals surface area contributed by atoms with Crippen molar-refractivity contribution < 1.29 is 9.47 Å². The van der Waals surface area contributed by atoms with Crippen LogP contribution in [0.15, 0.2) is 60.7 Å². The largest absolute Gasteiger partial charge is 0.452 e. The lowest BCUT2D eigenvalue weighted by Crippen LogP contribution is -2.42. The third kappa shape index (κ3) is 8.13. The van der Waals surface area contributed by atoms with E-state index >= 15 is 0 Å². The van der Waals surface area contributed by atoms with E-state index in [0.29, 0.717) is 0 Å². The maximum atomic E-state index is 7.09. The Labute approximate surface area is 238 Å². The molecular weight excluding hydrogens is 476 g/mol. The van der Waals surface area contributed by atoms with Gasteiger partial charge in [-0.2, -0.15) is 0 Å². The summed E-state index contributed by atoms with van der Waals surface area (Å²) < 4.78 is 14.1. The Hall–Kier alpha value is -2.74. The van der Waals surface area contributed by atoms with Crippen LogP contribution in [0.4, 0.5) is 0 Å². The second-order valence-corrected chi connectivity index (χ2v) is 11.7. The molecule has 39 heavy (non-hydrogen) atoms. The number of rotatable bonds is 15. The quantitative estimate of drug-likeness (QED) is 0.183. The van der Waals surface area contributed by atoms with Gasteiger partial charge in [0.15, 0.2) is 0 Å². The summed E-state index contributed by atoms with van der Waals surface area (Å²) in [5, 5.41) is 0. The Morgan fingerprint density at radius 1 is 0.487 bits per heavy atom. The van der Waals surface area contributed by atoms with E-state index < -0.39 is 5.79 Å². The highest BCUT2D eigenvalue weighted by Gasteiger charge is 2.38. The molecular formula is C37H50O2. The molecule has 0 fully saturated rings. The van der Waals surface area contributed by atoms with Crippen LogP contribution in [-0.4, -0.2) is 5.79 Å². The van der Waals surface area contributed by atoms with E-state index in [-0.39, 0.29) is 0 Å². The molecule has 2 heteroatoms. The van der Waals surface area contributed by atoms with E-state index in [0.717, 1.165) is 48.3 Å². The summed E-state index contributed by atoms with van der Waals surface area (Å²) >= 11 is 0. The molecule has 1 aliphatic heterocycles. The van der Waals surface area contributed by atoms with Gasteiger partial charge in [-0.1, -0.05) is 126 Å². The zero-order valence-corrected chi connectivity index (χ0v) is 25.0. The number of benzene rings is 3. The SMILES string of the molecule is CCCCCCCCC1(CCCCCCCC)Oc2cc(C)ccc2-c2ccc(-c3ccc(C)cc3)cc2O1. The first-order chi connectivity index (χ1) is 19.0. The van der Waals surface area contributed by atoms with Crippen molar-refractivity contribution in [2.45, 2.75) is 123 Å². The van der Waals surface area contributed by atoms with Gasteiger partial charge in [0.25, 0.3) is 5.79 Å². The minimum absolute atomic E-state index is 0.630. The Kier molecular flexibility index (Phi) is 10.9. The van der Waals surface area contributed by atoms with Crippen molar-refractivity contribution in [3.05, 3.63) is 71.8 Å². The van der Waals surface area contributed by atoms with Gasteiger partial charge >= 0.3 is 0 Å². The van der Waals surface area contributed by atoms with Gasteiger partial charge < -0.3 is 9.47 Å². The van der Waals surface area contributed by atoms with Gasteiger partial charge in [-0.25, -0.2) is 0 Å². The van der Waals surface area contributed by atoms with E-state index in [4.69, 9.17) is 9.47 Å². The molecule has 0 saturated carbocycles. The molecule has 1 heterocycles. The second kappa shape index (κ2) is 14.6. The standard InChI is InChI=1S/C37H50O2/c1-5-7-9-11-13-15-25-37(26-16-14-12-10-8-6-2)38-35-27-30(4)19-23-33(35)34-24-22-32(28-36(34)39-37)31-20-17-29(3)18-21-31/h17-24,27-28H,5-16,25-26H2,1-4H3. The number of hydrogen-bond acceptors (Lipinski definition) is 2. The van der Waals surface area contributed by atoms with E-state index in [2.05, 4.69) is 88.4 Å². The summed E-state index contributed by atoms with van der Waals surface area (Å²) in [4.78, 5) is 0. The zero-order valence-electron chi connectivity index (χ0n) is 25.0. The van der Waals surface area contributed by atoms with Crippen LogP contribution in [0.5, 0.6) is 11.5 Å². The fraction of sp³-hybridized carbons (Fsp3) is 0.514. The van der Waals surface area contributed by atoms with Gasteiger partial charge in [-0.15, -0.1) is 0 Å². The van der Waals surface area contributed by atoms with Gasteiger partial charge in [0.05, 0.1) is 0 Å². The lowest BCUT2D eigenvalue weighted by molar-refractivity contribution is -0.125. The Bertz CT molecular complexity index is 1140. The molecule has 0 spiro atoms. The van der Waals surface area contributed by atoms with Crippen molar-refractivity contribution in [2.75, 3.05) is 0 Å². The minimum Gasteiger partial charge on any atom is -0.452 e. The lowest BCUT2D eigenvalue weighted by atomic mass is 9.97. The zero-order chi connectivity index (χ0) is 27.5. The Balaban J connectivity index is 1.65. The molecule has 1 aliphatic rings. The topological polar surface area (TPSA) is 18.5 Å². The van der Waals surface area contributed by atoms with Crippen LogP contribution in [0.2, 0.25) is 0 Å². The molecule has 0 aromatic heterocycles. The van der Waals surface area contributed by atoms with Crippen molar-refractivity contribution in [3.8, 4) is 33.8 Å². The molecule has 0 bridgehead atoms. The summed E-state index contributed by atoms with van der Waals surface area (Å²) in [6.45, 7) is 8.86. The molecule has 0 saturated heterocycles. The molecule has 0 N–H and O–H groups in total.